The SMILES string of the molecule is CC1(C)c2ccccc2-c2cc(-c3ccc4c(c3)-c3ccc(N(c5ccc(C6CCCC6)cc5)c5ccc6c(c5)C5(c7ccccc7-c7ccccc75)c5ccccc5-6)cc3C4(C)C)ccc21. The third-order valence-corrected chi connectivity index (χ3v) is 17.1. The maximum atomic E-state index is 2.54. The summed E-state index contributed by atoms with van der Waals surface area (Å²) in [5.41, 5.74) is 28.7. The molecule has 1 fully saturated rings. The minimum Gasteiger partial charge on any atom is -0.310 e. The van der Waals surface area contributed by atoms with Gasteiger partial charge in [-0.1, -0.05) is 186 Å². The summed E-state index contributed by atoms with van der Waals surface area (Å²) in [5, 5.41) is 0. The lowest BCUT2D eigenvalue weighted by Crippen LogP contribution is -2.26. The van der Waals surface area contributed by atoms with E-state index < -0.39 is 5.41 Å². The molecule has 322 valence electrons. The second-order valence-electron chi connectivity index (χ2n) is 21.1. The highest BCUT2D eigenvalue weighted by molar-refractivity contribution is 5.97. The molecule has 1 spiro atoms. The largest absolute Gasteiger partial charge is 0.310 e. The summed E-state index contributed by atoms with van der Waals surface area (Å²) >= 11 is 0. The van der Waals surface area contributed by atoms with Crippen LogP contribution in [0.15, 0.2) is 194 Å². The molecule has 67 heavy (non-hydrogen) atoms. The van der Waals surface area contributed by atoms with Crippen molar-refractivity contribution < 1.29 is 0 Å². The minimum absolute atomic E-state index is 0.00545. The first-order valence-corrected chi connectivity index (χ1v) is 24.6. The molecule has 0 bridgehead atoms. The Kier molecular flexibility index (Phi) is 8.09. The molecule has 0 unspecified atom stereocenters. The van der Waals surface area contributed by atoms with Crippen LogP contribution in [-0.2, 0) is 16.2 Å². The molecule has 0 saturated heterocycles. The van der Waals surface area contributed by atoms with E-state index in [1.165, 1.54) is 148 Å². The van der Waals surface area contributed by atoms with Crippen LogP contribution in [0.2, 0.25) is 0 Å². The van der Waals surface area contributed by atoms with Gasteiger partial charge in [0, 0.05) is 27.9 Å². The third-order valence-electron chi connectivity index (χ3n) is 17.1. The van der Waals surface area contributed by atoms with Crippen LogP contribution in [0, 0.1) is 0 Å². The van der Waals surface area contributed by atoms with Gasteiger partial charge in [0.2, 0.25) is 0 Å². The van der Waals surface area contributed by atoms with E-state index in [9.17, 15) is 0 Å². The van der Waals surface area contributed by atoms with Crippen LogP contribution >= 0.6 is 0 Å². The lowest BCUT2D eigenvalue weighted by molar-refractivity contribution is 0.660. The molecule has 0 aliphatic heterocycles. The molecular weight excluding hydrogens is 807 g/mol. The Balaban J connectivity index is 0.923. The highest BCUT2D eigenvalue weighted by Gasteiger charge is 2.52. The maximum Gasteiger partial charge on any atom is 0.0726 e. The Bertz CT molecular complexity index is 3470. The summed E-state index contributed by atoms with van der Waals surface area (Å²) in [6.45, 7) is 9.56. The van der Waals surface area contributed by atoms with Crippen molar-refractivity contribution in [1.82, 2.24) is 0 Å². The van der Waals surface area contributed by atoms with Crippen LogP contribution in [-0.4, -0.2) is 0 Å². The van der Waals surface area contributed by atoms with Crippen molar-refractivity contribution in [3.8, 4) is 55.6 Å². The van der Waals surface area contributed by atoms with Crippen molar-refractivity contribution in [1.29, 1.82) is 0 Å². The zero-order valence-corrected chi connectivity index (χ0v) is 38.8. The first kappa shape index (κ1) is 39.0. The molecule has 1 saturated carbocycles. The van der Waals surface area contributed by atoms with Crippen LogP contribution in [0.5, 0.6) is 0 Å². The maximum absolute atomic E-state index is 2.54. The van der Waals surface area contributed by atoms with Gasteiger partial charge in [0.25, 0.3) is 0 Å². The Labute approximate surface area is 395 Å². The lowest BCUT2D eigenvalue weighted by Gasteiger charge is -2.32. The van der Waals surface area contributed by atoms with Crippen molar-refractivity contribution in [2.45, 2.75) is 75.5 Å². The number of fused-ring (bicyclic) bond motifs is 16. The summed E-state index contributed by atoms with van der Waals surface area (Å²) in [6, 6.07) is 75.0. The molecule has 9 aromatic carbocycles. The molecule has 9 aromatic rings. The standard InChI is InChI=1S/C66H53N/c1-64(2)56-21-11-7-20-51(56)54-37-43(27-35-57(54)64)44-28-36-58-55(38-44)53-34-32-46(39-62(53)65(58,3)4)67(45-29-25-42(26-30-45)41-15-5-6-16-41)47-31-33-52-50-19-10-14-24-61(50)66(63(52)40-47)59-22-12-8-17-48(59)49-18-9-13-23-60(49)66/h7-14,17-41H,5-6,15-16H2,1-4H3. The third kappa shape index (κ3) is 5.26. The monoisotopic (exact) mass is 859 g/mol. The molecule has 1 heteroatoms. The normalized spacial score (nSPS) is 16.7. The zero-order valence-electron chi connectivity index (χ0n) is 38.8. The summed E-state index contributed by atoms with van der Waals surface area (Å²) < 4.78 is 0. The Hall–Kier alpha value is -7.22. The molecule has 0 aromatic heterocycles. The predicted molar refractivity (Wildman–Crippen MR) is 279 cm³/mol. The van der Waals surface area contributed by atoms with E-state index in [1.54, 1.807) is 0 Å². The second-order valence-corrected chi connectivity index (χ2v) is 21.1. The molecule has 0 N–H and O–H groups in total. The highest BCUT2D eigenvalue weighted by atomic mass is 15.1. The van der Waals surface area contributed by atoms with Crippen molar-refractivity contribution in [3.63, 3.8) is 0 Å². The number of anilines is 3. The average Bonchev–Trinajstić information content (AvgIpc) is 4.17. The van der Waals surface area contributed by atoms with E-state index in [0.29, 0.717) is 5.92 Å². The lowest BCUT2D eigenvalue weighted by atomic mass is 9.70. The van der Waals surface area contributed by atoms with Crippen LogP contribution in [0.1, 0.15) is 109 Å². The highest BCUT2D eigenvalue weighted by Crippen LogP contribution is 2.63. The molecule has 5 aliphatic rings. The van der Waals surface area contributed by atoms with Gasteiger partial charge in [0.05, 0.1) is 5.41 Å². The van der Waals surface area contributed by atoms with Gasteiger partial charge in [-0.25, -0.2) is 0 Å². The topological polar surface area (TPSA) is 3.24 Å². The van der Waals surface area contributed by atoms with E-state index in [0.717, 1.165) is 0 Å². The fourth-order valence-corrected chi connectivity index (χ4v) is 13.8. The zero-order chi connectivity index (χ0) is 44.8. The van der Waals surface area contributed by atoms with Crippen molar-refractivity contribution in [2.24, 2.45) is 0 Å². The average molecular weight is 860 g/mol. The first-order chi connectivity index (χ1) is 32.7. The second kappa shape index (κ2) is 13.9. The van der Waals surface area contributed by atoms with Crippen molar-refractivity contribution in [2.75, 3.05) is 4.90 Å². The number of hydrogen-bond acceptors (Lipinski definition) is 1. The molecule has 14 rings (SSSR count). The molecule has 0 radical (unpaired) electrons. The van der Waals surface area contributed by atoms with Gasteiger partial charge in [-0.15, -0.1) is 0 Å². The van der Waals surface area contributed by atoms with E-state index in [4.69, 9.17) is 0 Å². The molecule has 0 amide bonds. The summed E-state index contributed by atoms with van der Waals surface area (Å²) in [4.78, 5) is 2.54. The van der Waals surface area contributed by atoms with Gasteiger partial charge in [0.15, 0.2) is 0 Å². The predicted octanol–water partition coefficient (Wildman–Crippen LogP) is 17.4. The first-order valence-electron chi connectivity index (χ1n) is 24.6. The van der Waals surface area contributed by atoms with E-state index in [-0.39, 0.29) is 10.8 Å². The fourth-order valence-electron chi connectivity index (χ4n) is 13.8. The van der Waals surface area contributed by atoms with E-state index in [2.05, 4.69) is 227 Å². The molecule has 0 atom stereocenters. The van der Waals surface area contributed by atoms with Gasteiger partial charge in [-0.3, -0.25) is 0 Å². The summed E-state index contributed by atoms with van der Waals surface area (Å²) in [7, 11) is 0. The van der Waals surface area contributed by atoms with Gasteiger partial charge >= 0.3 is 0 Å². The molecule has 1 nitrogen and oxygen atoms in total. The Morgan fingerprint density at radius 1 is 0.328 bits per heavy atom. The Morgan fingerprint density at radius 2 is 0.716 bits per heavy atom. The number of rotatable bonds is 5. The van der Waals surface area contributed by atoms with Crippen LogP contribution in [0.4, 0.5) is 17.1 Å². The summed E-state index contributed by atoms with van der Waals surface area (Å²) in [5.74, 6) is 0.659. The number of benzene rings is 9. The van der Waals surface area contributed by atoms with E-state index in [1.807, 2.05) is 0 Å². The van der Waals surface area contributed by atoms with Gasteiger partial charge < -0.3 is 4.90 Å². The van der Waals surface area contributed by atoms with Gasteiger partial charge in [0.1, 0.15) is 0 Å². The van der Waals surface area contributed by atoms with E-state index >= 15 is 0 Å². The van der Waals surface area contributed by atoms with Crippen LogP contribution in [0.25, 0.3) is 55.6 Å². The molecular formula is C66H53N. The Morgan fingerprint density at radius 3 is 1.24 bits per heavy atom. The van der Waals surface area contributed by atoms with Crippen LogP contribution in [0.3, 0.4) is 0 Å². The smallest absolute Gasteiger partial charge is 0.0726 e. The number of nitrogens with zero attached hydrogens (tertiary/aromatic N) is 1. The van der Waals surface area contributed by atoms with Crippen molar-refractivity contribution >= 4 is 17.1 Å². The van der Waals surface area contributed by atoms with Gasteiger partial charge in [-0.2, -0.15) is 0 Å². The van der Waals surface area contributed by atoms with Gasteiger partial charge in [-0.05, 0) is 173 Å². The molecule has 0 heterocycles. The summed E-state index contributed by atoms with van der Waals surface area (Å²) in [6.07, 6.45) is 5.25. The van der Waals surface area contributed by atoms with Crippen LogP contribution < -0.4 is 4.90 Å². The number of hydrogen-bond donors (Lipinski definition) is 0. The minimum atomic E-state index is -0.412. The van der Waals surface area contributed by atoms with Crippen molar-refractivity contribution in [3.05, 3.63) is 244 Å². The molecule has 5 aliphatic carbocycles. The quantitative estimate of drug-likeness (QED) is 0.167. The fraction of sp³-hybridized carbons (Fsp3) is 0.182.